The first-order valence-corrected chi connectivity index (χ1v) is 6.94. The molecule has 0 spiro atoms. The quantitative estimate of drug-likeness (QED) is 0.764. The molecule has 1 atom stereocenters. The molecule has 0 saturated heterocycles. The molecule has 17 heavy (non-hydrogen) atoms. The van der Waals surface area contributed by atoms with Crippen LogP contribution in [0.15, 0.2) is 12.1 Å². The van der Waals surface area contributed by atoms with Crippen LogP contribution >= 0.6 is 34.8 Å². The number of rotatable bonds is 5. The van der Waals surface area contributed by atoms with Gasteiger partial charge < -0.3 is 5.73 Å². The molecule has 1 nitrogen and oxygen atoms in total. The molecule has 4 heteroatoms. The molecule has 0 heterocycles. The van der Waals surface area contributed by atoms with Gasteiger partial charge in [0.2, 0.25) is 0 Å². The maximum absolute atomic E-state index is 6.13. The van der Waals surface area contributed by atoms with Gasteiger partial charge in [0.1, 0.15) is 0 Å². The lowest BCUT2D eigenvalue weighted by atomic mass is 9.98. The molecule has 0 amide bonds. The Kier molecular flexibility index (Phi) is 6.08. The van der Waals surface area contributed by atoms with Crippen molar-refractivity contribution in [2.45, 2.75) is 39.2 Å². The minimum Gasteiger partial charge on any atom is -0.327 e. The Balaban J connectivity index is 2.61. The summed E-state index contributed by atoms with van der Waals surface area (Å²) in [7, 11) is 0. The fraction of sp³-hybridized carbons (Fsp3) is 0.538. The molecule has 0 aliphatic heterocycles. The molecule has 0 saturated carbocycles. The van der Waals surface area contributed by atoms with Gasteiger partial charge in [-0.2, -0.15) is 0 Å². The highest BCUT2D eigenvalue weighted by Crippen LogP contribution is 2.32. The summed E-state index contributed by atoms with van der Waals surface area (Å²) in [6, 6.07) is 3.73. The van der Waals surface area contributed by atoms with E-state index in [9.17, 15) is 0 Å². The highest BCUT2D eigenvalue weighted by atomic mass is 35.5. The van der Waals surface area contributed by atoms with Gasteiger partial charge in [-0.25, -0.2) is 0 Å². The first kappa shape index (κ1) is 15.1. The van der Waals surface area contributed by atoms with Gasteiger partial charge in [0.25, 0.3) is 0 Å². The minimum absolute atomic E-state index is 0.228. The summed E-state index contributed by atoms with van der Waals surface area (Å²) >= 11 is 18.2. The molecule has 0 aliphatic rings. The lowest BCUT2D eigenvalue weighted by molar-refractivity contribution is 0.452. The largest absolute Gasteiger partial charge is 0.327 e. The number of hydrogen-bond acceptors (Lipinski definition) is 1. The zero-order valence-corrected chi connectivity index (χ0v) is 12.4. The van der Waals surface area contributed by atoms with Gasteiger partial charge in [-0.3, -0.25) is 0 Å². The van der Waals surface area contributed by atoms with E-state index >= 15 is 0 Å². The van der Waals surface area contributed by atoms with Crippen molar-refractivity contribution in [3.05, 3.63) is 32.8 Å². The lowest BCUT2D eigenvalue weighted by Gasteiger charge is -2.15. The first-order valence-electron chi connectivity index (χ1n) is 5.81. The van der Waals surface area contributed by atoms with Crippen molar-refractivity contribution in [2.75, 3.05) is 0 Å². The normalized spacial score (nSPS) is 13.1. The number of hydrogen-bond donors (Lipinski definition) is 1. The summed E-state index contributed by atoms with van der Waals surface area (Å²) in [6.45, 7) is 4.26. The lowest BCUT2D eigenvalue weighted by Crippen LogP contribution is -2.26. The average molecular weight is 295 g/mol. The molecule has 96 valence electrons. The number of benzene rings is 1. The molecule has 1 aromatic carbocycles. The molecule has 0 fully saturated rings. The Morgan fingerprint density at radius 3 is 2.29 bits per heavy atom. The predicted octanol–water partition coefficient (Wildman–Crippen LogP) is 4.95. The van der Waals surface area contributed by atoms with Crippen LogP contribution in [0.3, 0.4) is 0 Å². The van der Waals surface area contributed by atoms with Crippen LogP contribution in [0.2, 0.25) is 15.1 Å². The van der Waals surface area contributed by atoms with Crippen molar-refractivity contribution in [3.63, 3.8) is 0 Å². The molecule has 0 radical (unpaired) electrons. The molecule has 0 aromatic heterocycles. The molecule has 2 N–H and O–H groups in total. The molecule has 0 bridgehead atoms. The second kappa shape index (κ2) is 6.84. The summed E-state index contributed by atoms with van der Waals surface area (Å²) in [5.74, 6) is 0.500. The van der Waals surface area contributed by atoms with Gasteiger partial charge in [0.15, 0.2) is 0 Å². The van der Waals surface area contributed by atoms with Crippen molar-refractivity contribution in [1.29, 1.82) is 0 Å². The Hall–Kier alpha value is 0.0500. The molecular weight excluding hydrogens is 277 g/mol. The predicted molar refractivity (Wildman–Crippen MR) is 77.2 cm³/mol. The fourth-order valence-electron chi connectivity index (χ4n) is 1.65. The third kappa shape index (κ3) is 4.33. The Morgan fingerprint density at radius 1 is 1.12 bits per heavy atom. The van der Waals surface area contributed by atoms with Crippen molar-refractivity contribution in [2.24, 2.45) is 11.7 Å². The van der Waals surface area contributed by atoms with Gasteiger partial charge in [0.05, 0.1) is 10.0 Å². The van der Waals surface area contributed by atoms with E-state index in [2.05, 4.69) is 13.8 Å². The second-order valence-electron chi connectivity index (χ2n) is 4.62. The molecule has 0 aliphatic carbocycles. The first-order chi connectivity index (χ1) is 7.93. The summed E-state index contributed by atoms with van der Waals surface area (Å²) in [5, 5.41) is 1.80. The molecule has 1 unspecified atom stereocenters. The van der Waals surface area contributed by atoms with Gasteiger partial charge in [-0.05, 0) is 42.9 Å². The Labute approximate surface area is 118 Å². The fourth-order valence-corrected chi connectivity index (χ4v) is 2.38. The maximum Gasteiger partial charge on any atom is 0.0639 e. The van der Waals surface area contributed by atoms with E-state index in [4.69, 9.17) is 40.5 Å². The van der Waals surface area contributed by atoms with Crippen molar-refractivity contribution >= 4 is 34.8 Å². The smallest absolute Gasteiger partial charge is 0.0639 e. The monoisotopic (exact) mass is 293 g/mol. The van der Waals surface area contributed by atoms with E-state index in [1.165, 1.54) is 0 Å². The van der Waals surface area contributed by atoms with E-state index in [0.717, 1.165) is 24.8 Å². The van der Waals surface area contributed by atoms with Crippen LogP contribution in [0.5, 0.6) is 0 Å². The van der Waals surface area contributed by atoms with Crippen LogP contribution in [0, 0.1) is 5.92 Å². The van der Waals surface area contributed by atoms with E-state index in [-0.39, 0.29) is 6.04 Å². The third-order valence-electron chi connectivity index (χ3n) is 2.96. The van der Waals surface area contributed by atoms with Gasteiger partial charge in [-0.1, -0.05) is 48.7 Å². The van der Waals surface area contributed by atoms with Crippen LogP contribution in [0.25, 0.3) is 0 Å². The number of halogens is 3. The zero-order chi connectivity index (χ0) is 13.0. The van der Waals surface area contributed by atoms with Crippen LogP contribution in [0.1, 0.15) is 32.3 Å². The van der Waals surface area contributed by atoms with E-state index in [1.54, 1.807) is 12.1 Å². The molecule has 1 rings (SSSR count). The Morgan fingerprint density at radius 2 is 1.71 bits per heavy atom. The highest BCUT2D eigenvalue weighted by Gasteiger charge is 2.11. The highest BCUT2D eigenvalue weighted by molar-refractivity contribution is 6.44. The van der Waals surface area contributed by atoms with E-state index in [0.29, 0.717) is 21.0 Å². The number of nitrogens with two attached hydrogens (primary N) is 1. The summed E-state index contributed by atoms with van der Waals surface area (Å²) < 4.78 is 0. The van der Waals surface area contributed by atoms with Crippen LogP contribution in [-0.2, 0) is 6.42 Å². The van der Waals surface area contributed by atoms with Crippen LogP contribution in [0.4, 0.5) is 0 Å². The Bertz CT molecular complexity index is 377. The third-order valence-corrected chi connectivity index (χ3v) is 4.16. The maximum atomic E-state index is 6.13. The van der Waals surface area contributed by atoms with Gasteiger partial charge in [-0.15, -0.1) is 0 Å². The second-order valence-corrected chi connectivity index (χ2v) is 5.81. The van der Waals surface area contributed by atoms with Crippen molar-refractivity contribution in [1.82, 2.24) is 0 Å². The molecular formula is C13H18Cl3N. The minimum atomic E-state index is 0.228. The summed E-state index contributed by atoms with van der Waals surface area (Å²) in [4.78, 5) is 0. The van der Waals surface area contributed by atoms with Crippen molar-refractivity contribution < 1.29 is 0 Å². The standard InChI is InChI=1S/C13H18Cl3N/c1-8(2)12(17)5-3-4-9-10(14)6-7-11(15)13(9)16/h6-8,12H,3-5,17H2,1-2H3. The average Bonchev–Trinajstić information content (AvgIpc) is 2.28. The van der Waals surface area contributed by atoms with E-state index in [1.807, 2.05) is 0 Å². The van der Waals surface area contributed by atoms with Gasteiger partial charge >= 0.3 is 0 Å². The SMILES string of the molecule is CC(C)C(N)CCCc1c(Cl)ccc(Cl)c1Cl. The van der Waals surface area contributed by atoms with Gasteiger partial charge in [0, 0.05) is 11.1 Å². The molecule has 1 aromatic rings. The summed E-state index contributed by atoms with van der Waals surface area (Å²) in [5.41, 5.74) is 6.92. The van der Waals surface area contributed by atoms with Crippen LogP contribution < -0.4 is 5.73 Å². The van der Waals surface area contributed by atoms with Crippen molar-refractivity contribution in [3.8, 4) is 0 Å². The zero-order valence-electron chi connectivity index (χ0n) is 10.1. The van der Waals surface area contributed by atoms with E-state index < -0.39 is 0 Å². The summed E-state index contributed by atoms with van der Waals surface area (Å²) in [6.07, 6.45) is 2.76. The van der Waals surface area contributed by atoms with Crippen LogP contribution in [-0.4, -0.2) is 6.04 Å². The topological polar surface area (TPSA) is 26.0 Å².